The van der Waals surface area contributed by atoms with Crippen LogP contribution in [-0.2, 0) is 52.3 Å². The first-order chi connectivity index (χ1) is 30.5. The fraction of sp³-hybridized carbons (Fsp3) is 0.720. The van der Waals surface area contributed by atoms with Crippen molar-refractivity contribution in [2.75, 3.05) is 27.4 Å². The molecule has 64 heavy (non-hydrogen) atoms. The van der Waals surface area contributed by atoms with Gasteiger partial charge in [0.05, 0.1) is 33.0 Å². The van der Waals surface area contributed by atoms with Crippen molar-refractivity contribution < 1.29 is 61.8 Å². The number of allylic oxidation sites excluding steroid dienone is 1. The minimum absolute atomic E-state index is 0.00660. The summed E-state index contributed by atoms with van der Waals surface area (Å²) in [7, 11) is 3.07. The number of amides is 1. The molecule has 16 atom stereocenters. The largest absolute Gasteiger partial charge is 0.493 e. The molecule has 0 aromatic heterocycles. The zero-order valence-electron chi connectivity index (χ0n) is 39.1. The van der Waals surface area contributed by atoms with Gasteiger partial charge in [-0.25, -0.2) is 0 Å². The van der Waals surface area contributed by atoms with Crippen LogP contribution in [0, 0.1) is 46.3 Å². The second-order valence-electron chi connectivity index (χ2n) is 20.3. The van der Waals surface area contributed by atoms with Crippen LogP contribution < -0.4 is 14.8 Å². The zero-order valence-corrected chi connectivity index (χ0v) is 39.1. The lowest BCUT2D eigenvalue weighted by molar-refractivity contribution is -0.289. The summed E-state index contributed by atoms with van der Waals surface area (Å²) >= 11 is 0. The highest BCUT2D eigenvalue weighted by Crippen LogP contribution is 2.70. The minimum atomic E-state index is -1.25. The quantitative estimate of drug-likeness (QED) is 0.104. The van der Waals surface area contributed by atoms with E-state index in [2.05, 4.69) is 39.1 Å². The van der Waals surface area contributed by atoms with Gasteiger partial charge in [-0.3, -0.25) is 19.2 Å². The number of esters is 3. The molecule has 14 nitrogen and oxygen atoms in total. The number of nitrogens with one attached hydrogen (secondary N) is 1. The van der Waals surface area contributed by atoms with E-state index in [1.54, 1.807) is 31.4 Å². The maximum absolute atomic E-state index is 13.8. The Bertz CT molecular complexity index is 1990. The summed E-state index contributed by atoms with van der Waals surface area (Å²) in [5, 5.41) is 2.95. The number of fused-ring (bicyclic) bond motifs is 7. The monoisotopic (exact) mass is 891 g/mol. The second kappa shape index (κ2) is 18.4. The van der Waals surface area contributed by atoms with E-state index in [9.17, 15) is 19.2 Å². The molecule has 3 heterocycles. The van der Waals surface area contributed by atoms with Crippen LogP contribution in [0.1, 0.15) is 112 Å². The van der Waals surface area contributed by atoms with Gasteiger partial charge < -0.3 is 47.9 Å². The number of hydrogen-bond acceptors (Lipinski definition) is 13. The molecule has 8 rings (SSSR count). The normalized spacial score (nSPS) is 41.1. The fourth-order valence-electron chi connectivity index (χ4n) is 13.5. The molecule has 1 N–H and O–H groups in total. The Morgan fingerprint density at radius 2 is 1.64 bits per heavy atom. The van der Waals surface area contributed by atoms with Gasteiger partial charge in [-0.1, -0.05) is 45.4 Å². The van der Waals surface area contributed by atoms with Gasteiger partial charge in [-0.15, -0.1) is 0 Å². The number of rotatable bonds is 11. The number of hydrogen-bond donors (Lipinski definition) is 1. The molecule has 0 radical (unpaired) electrons. The Balaban J connectivity index is 1.02. The lowest BCUT2D eigenvalue weighted by atomic mass is 9.47. The zero-order chi connectivity index (χ0) is 45.7. The Kier molecular flexibility index (Phi) is 13.4. The molecule has 0 bridgehead atoms. The predicted octanol–water partition coefficient (Wildman–Crippen LogP) is 7.11. The van der Waals surface area contributed by atoms with Crippen LogP contribution in [0.15, 0.2) is 35.9 Å². The van der Waals surface area contributed by atoms with E-state index in [1.165, 1.54) is 52.4 Å². The first-order valence-corrected chi connectivity index (χ1v) is 23.5. The van der Waals surface area contributed by atoms with E-state index in [0.717, 1.165) is 45.1 Å². The van der Waals surface area contributed by atoms with Crippen molar-refractivity contribution >= 4 is 29.9 Å². The number of carbonyl (C=O) groups excluding carboxylic acids is 4. The van der Waals surface area contributed by atoms with E-state index in [4.69, 9.17) is 42.6 Å². The van der Waals surface area contributed by atoms with Gasteiger partial charge in [-0.05, 0) is 116 Å². The van der Waals surface area contributed by atoms with E-state index in [0.29, 0.717) is 59.0 Å². The third-order valence-corrected chi connectivity index (χ3v) is 16.5. The first-order valence-electron chi connectivity index (χ1n) is 23.5. The molecule has 14 heteroatoms. The van der Waals surface area contributed by atoms with Gasteiger partial charge in [0.25, 0.3) is 0 Å². The smallest absolute Gasteiger partial charge is 0.303 e. The molecular formula is C50H69NO13. The molecule has 1 aromatic carbocycles. The summed E-state index contributed by atoms with van der Waals surface area (Å²) in [6, 6.07) is 4.12. The summed E-state index contributed by atoms with van der Waals surface area (Å²) in [5.74, 6) is 1.32. The topological polar surface area (TPSA) is 163 Å². The van der Waals surface area contributed by atoms with Crippen LogP contribution in [0.25, 0.3) is 6.08 Å². The van der Waals surface area contributed by atoms with Gasteiger partial charge in [0.2, 0.25) is 5.91 Å². The Morgan fingerprint density at radius 3 is 2.33 bits per heavy atom. The molecule has 0 unspecified atom stereocenters. The number of ether oxygens (including phenoxy) is 9. The van der Waals surface area contributed by atoms with Crippen LogP contribution in [-0.4, -0.2) is 99.9 Å². The van der Waals surface area contributed by atoms with E-state index < -0.39 is 60.2 Å². The maximum atomic E-state index is 13.8. The number of benzene rings is 1. The Morgan fingerprint density at radius 1 is 0.891 bits per heavy atom. The molecule has 352 valence electrons. The van der Waals surface area contributed by atoms with Crippen LogP contribution in [0.5, 0.6) is 11.5 Å². The SMILES string of the molecule is COc1ccc(/C=C/C(=O)N[C@H]2[C@H](O[C@H]3CC[C@@]4(C)C(=CC[C@H]5[C@@H]6C[C@@H]7O[C@]8(CC[C@@H](C)CO8)[C@@H](C)[C@@H]7[C@@]6(C)CC[C@@H]54)C3)O[C@H](COC(C)=O)[C@@H](OC(C)=O)[C@@H]2OC(C)=O)cc1OC. The standard InChI is InChI=1S/C50H69NO13/c1-27-16-21-50(59-25-27)28(2)43-40(64-50)24-37-35-13-12-33-23-34(17-19-48(33,6)36(35)18-20-49(37,43)7)62-47-44(51-42(55)15-11-32-10-14-38(56-8)39(22-32)57-9)46(61-31(5)54)45(60-30(4)53)41(63-47)26-58-29(3)52/h10-12,14-15,22,27-28,34-37,40-41,43-47H,13,16-21,23-26H2,1-9H3,(H,51,55)/b15-11+/t27-,28+,34+,35-,36+,37+,40+,41-,43+,44-,45-,46-,47-,48+,49+,50-/m1/s1. The summed E-state index contributed by atoms with van der Waals surface area (Å²) in [4.78, 5) is 51.0. The number of methoxy groups -OCH3 is 2. The van der Waals surface area contributed by atoms with E-state index in [-0.39, 0.29) is 29.6 Å². The lowest BCUT2D eigenvalue weighted by Crippen LogP contribution is -2.67. The first kappa shape index (κ1) is 46.5. The molecule has 4 aliphatic carbocycles. The molecule has 7 aliphatic rings. The number of carbonyl (C=O) groups is 4. The summed E-state index contributed by atoms with van der Waals surface area (Å²) in [6.07, 6.45) is 9.59. The molecule has 3 aliphatic heterocycles. The molecule has 1 aromatic rings. The summed E-state index contributed by atoms with van der Waals surface area (Å²) in [6.45, 7) is 13.9. The third-order valence-electron chi connectivity index (χ3n) is 16.5. The van der Waals surface area contributed by atoms with Crippen LogP contribution in [0.3, 0.4) is 0 Å². The van der Waals surface area contributed by atoms with Gasteiger partial charge in [-0.2, -0.15) is 0 Å². The van der Waals surface area contributed by atoms with Gasteiger partial charge in [0.15, 0.2) is 35.8 Å². The van der Waals surface area contributed by atoms with Crippen LogP contribution >= 0.6 is 0 Å². The average molecular weight is 892 g/mol. The van der Waals surface area contributed by atoms with Crippen molar-refractivity contribution in [3.63, 3.8) is 0 Å². The molecule has 1 amide bonds. The van der Waals surface area contributed by atoms with Crippen molar-refractivity contribution in [1.29, 1.82) is 0 Å². The Hall–Kier alpha value is -3.98. The maximum Gasteiger partial charge on any atom is 0.303 e. The highest BCUT2D eigenvalue weighted by atomic mass is 16.7. The van der Waals surface area contributed by atoms with Gasteiger partial charge in [0.1, 0.15) is 18.8 Å². The van der Waals surface area contributed by atoms with Crippen LogP contribution in [0.2, 0.25) is 0 Å². The third kappa shape index (κ3) is 8.73. The van der Waals surface area contributed by atoms with Gasteiger partial charge >= 0.3 is 17.9 Å². The van der Waals surface area contributed by atoms with Crippen molar-refractivity contribution in [3.8, 4) is 11.5 Å². The van der Waals surface area contributed by atoms with Crippen molar-refractivity contribution in [1.82, 2.24) is 5.32 Å². The summed E-state index contributed by atoms with van der Waals surface area (Å²) in [5.41, 5.74) is 2.28. The molecule has 3 saturated heterocycles. The molecular weight excluding hydrogens is 823 g/mol. The van der Waals surface area contributed by atoms with Crippen molar-refractivity contribution in [3.05, 3.63) is 41.5 Å². The average Bonchev–Trinajstić information content (AvgIpc) is 3.70. The molecule has 1 spiro atoms. The molecule has 6 fully saturated rings. The second-order valence-corrected chi connectivity index (χ2v) is 20.3. The Labute approximate surface area is 377 Å². The van der Waals surface area contributed by atoms with Crippen LogP contribution in [0.4, 0.5) is 0 Å². The van der Waals surface area contributed by atoms with Crippen molar-refractivity contribution in [2.24, 2.45) is 46.3 Å². The highest BCUT2D eigenvalue weighted by Gasteiger charge is 2.69. The summed E-state index contributed by atoms with van der Waals surface area (Å²) < 4.78 is 54.7. The molecule has 3 saturated carbocycles. The van der Waals surface area contributed by atoms with E-state index in [1.807, 2.05) is 0 Å². The highest BCUT2D eigenvalue weighted by molar-refractivity contribution is 5.92. The lowest BCUT2D eigenvalue weighted by Gasteiger charge is -2.58. The fourth-order valence-corrected chi connectivity index (χ4v) is 13.5. The van der Waals surface area contributed by atoms with Gasteiger partial charge in [0, 0.05) is 39.2 Å². The minimum Gasteiger partial charge on any atom is -0.493 e. The van der Waals surface area contributed by atoms with Crippen molar-refractivity contribution in [2.45, 2.75) is 155 Å². The predicted molar refractivity (Wildman–Crippen MR) is 233 cm³/mol. The van der Waals surface area contributed by atoms with E-state index >= 15 is 0 Å².